The molecule has 3 rings (SSSR count). The van der Waals surface area contributed by atoms with Crippen LogP contribution >= 0.6 is 0 Å². The summed E-state index contributed by atoms with van der Waals surface area (Å²) < 4.78 is 5.23. The number of nitrogens with one attached hydrogen (secondary N) is 1. The van der Waals surface area contributed by atoms with Crippen molar-refractivity contribution in [1.29, 1.82) is 0 Å². The summed E-state index contributed by atoms with van der Waals surface area (Å²) in [6.07, 6.45) is 1.04. The van der Waals surface area contributed by atoms with E-state index in [4.69, 9.17) is 4.74 Å². The Bertz CT molecular complexity index is 948. The highest BCUT2D eigenvalue weighted by atomic mass is 16.5. The van der Waals surface area contributed by atoms with Crippen LogP contribution in [0.15, 0.2) is 24.3 Å². The number of benzene rings is 1. The van der Waals surface area contributed by atoms with Crippen LogP contribution in [0.4, 0.5) is 0 Å². The second-order valence-corrected chi connectivity index (χ2v) is 8.45. The number of H-pyrrole nitrogens is 1. The Balaban J connectivity index is 2.06. The van der Waals surface area contributed by atoms with E-state index in [0.717, 1.165) is 12.0 Å². The van der Waals surface area contributed by atoms with Gasteiger partial charge in [-0.25, -0.2) is 4.79 Å². The van der Waals surface area contributed by atoms with E-state index in [1.54, 1.807) is 18.7 Å². The van der Waals surface area contributed by atoms with Gasteiger partial charge < -0.3 is 14.6 Å². The first-order valence-corrected chi connectivity index (χ1v) is 10.5. The van der Waals surface area contributed by atoms with Gasteiger partial charge in [0, 0.05) is 24.3 Å². The van der Waals surface area contributed by atoms with Gasteiger partial charge in [-0.1, -0.05) is 43.7 Å². The maximum atomic E-state index is 13.3. The van der Waals surface area contributed by atoms with E-state index in [1.165, 1.54) is 0 Å². The molecule has 0 aliphatic carbocycles. The number of carbonyl (C=O) groups is 3. The standard InChI is InChI=1S/C24H30N2O4/c1-6-30-24(29)19-17(5)25-21(20(19)18-9-7-14(2)8-10-18)22(27)23(28)26-12-15(3)11-16(4)13-26/h7-10,15-16,25H,6,11-13H2,1-5H3/t15-,16-/m0/s1. The van der Waals surface area contributed by atoms with Gasteiger partial charge >= 0.3 is 5.97 Å². The minimum Gasteiger partial charge on any atom is -0.462 e. The topological polar surface area (TPSA) is 79.5 Å². The molecule has 0 radical (unpaired) electrons. The third-order valence-corrected chi connectivity index (χ3v) is 5.58. The summed E-state index contributed by atoms with van der Waals surface area (Å²) in [5.41, 5.74) is 3.16. The quantitative estimate of drug-likeness (QED) is 0.456. The average molecular weight is 411 g/mol. The third kappa shape index (κ3) is 4.32. The average Bonchev–Trinajstić information content (AvgIpc) is 3.04. The molecule has 160 valence electrons. The molecule has 0 spiro atoms. The molecule has 1 aliphatic heterocycles. The highest BCUT2D eigenvalue weighted by molar-refractivity contribution is 6.43. The lowest BCUT2D eigenvalue weighted by atomic mass is 9.91. The Morgan fingerprint density at radius 2 is 1.67 bits per heavy atom. The number of amides is 1. The summed E-state index contributed by atoms with van der Waals surface area (Å²) in [5.74, 6) is -0.956. The number of likely N-dealkylation sites (tertiary alicyclic amines) is 1. The lowest BCUT2D eigenvalue weighted by molar-refractivity contribution is -0.129. The number of carbonyl (C=O) groups excluding carboxylic acids is 3. The van der Waals surface area contributed by atoms with Crippen LogP contribution in [0.25, 0.3) is 11.1 Å². The van der Waals surface area contributed by atoms with Gasteiger partial charge in [0.25, 0.3) is 11.7 Å². The number of aryl methyl sites for hydroxylation is 2. The number of nitrogens with zero attached hydrogens (tertiary/aromatic N) is 1. The molecule has 6 nitrogen and oxygen atoms in total. The zero-order valence-electron chi connectivity index (χ0n) is 18.4. The second-order valence-electron chi connectivity index (χ2n) is 8.45. The number of Topliss-reactive ketones (excluding diaryl/α,β-unsaturated/α-hetero) is 1. The number of rotatable bonds is 5. The Morgan fingerprint density at radius 3 is 2.23 bits per heavy atom. The van der Waals surface area contributed by atoms with Crippen LogP contribution in [0.5, 0.6) is 0 Å². The number of ether oxygens (including phenoxy) is 1. The van der Waals surface area contributed by atoms with E-state index < -0.39 is 17.7 Å². The van der Waals surface area contributed by atoms with Crippen LogP contribution in [0.3, 0.4) is 0 Å². The molecule has 2 heterocycles. The predicted molar refractivity (Wildman–Crippen MR) is 116 cm³/mol. The zero-order chi connectivity index (χ0) is 22.0. The van der Waals surface area contributed by atoms with Gasteiger partial charge in [-0.05, 0) is 44.6 Å². The molecular weight excluding hydrogens is 380 g/mol. The molecule has 1 fully saturated rings. The zero-order valence-corrected chi connectivity index (χ0v) is 18.4. The molecule has 6 heteroatoms. The number of esters is 1. The van der Waals surface area contributed by atoms with Crippen LogP contribution in [0, 0.1) is 25.7 Å². The molecule has 1 aromatic carbocycles. The first kappa shape index (κ1) is 21.8. The first-order chi connectivity index (χ1) is 14.2. The number of aromatic amines is 1. The number of ketones is 1. The van der Waals surface area contributed by atoms with Gasteiger partial charge in [0.15, 0.2) is 0 Å². The van der Waals surface area contributed by atoms with E-state index in [-0.39, 0.29) is 12.3 Å². The minimum atomic E-state index is -0.620. The Labute approximate surface area is 177 Å². The molecule has 1 aliphatic rings. The van der Waals surface area contributed by atoms with Crippen LogP contribution in [-0.4, -0.2) is 47.2 Å². The van der Waals surface area contributed by atoms with E-state index in [9.17, 15) is 14.4 Å². The molecular formula is C24H30N2O4. The maximum Gasteiger partial charge on any atom is 0.340 e. The fraction of sp³-hybridized carbons (Fsp3) is 0.458. The summed E-state index contributed by atoms with van der Waals surface area (Å²) in [6, 6.07) is 7.54. The van der Waals surface area contributed by atoms with E-state index in [0.29, 0.717) is 47.3 Å². The largest absolute Gasteiger partial charge is 0.462 e. The van der Waals surface area contributed by atoms with Crippen molar-refractivity contribution >= 4 is 17.7 Å². The van der Waals surface area contributed by atoms with Gasteiger partial charge in [0.05, 0.1) is 12.2 Å². The van der Waals surface area contributed by atoms with Crippen LogP contribution < -0.4 is 0 Å². The second kappa shape index (κ2) is 8.86. The van der Waals surface area contributed by atoms with Crippen molar-refractivity contribution in [2.75, 3.05) is 19.7 Å². The summed E-state index contributed by atoms with van der Waals surface area (Å²) >= 11 is 0. The summed E-state index contributed by atoms with van der Waals surface area (Å²) in [6.45, 7) is 11.0. The normalized spacial score (nSPS) is 18.9. The molecule has 0 bridgehead atoms. The van der Waals surface area contributed by atoms with Gasteiger partial charge in [-0.15, -0.1) is 0 Å². The lowest BCUT2D eigenvalue weighted by Crippen LogP contribution is -2.45. The first-order valence-electron chi connectivity index (χ1n) is 10.5. The lowest BCUT2D eigenvalue weighted by Gasteiger charge is -2.34. The smallest absolute Gasteiger partial charge is 0.340 e. The van der Waals surface area contributed by atoms with Crippen molar-refractivity contribution < 1.29 is 19.1 Å². The molecule has 2 atom stereocenters. The number of hydrogen-bond acceptors (Lipinski definition) is 4. The maximum absolute atomic E-state index is 13.3. The van der Waals surface area contributed by atoms with Crippen molar-refractivity contribution in [2.24, 2.45) is 11.8 Å². The van der Waals surface area contributed by atoms with Crippen LogP contribution in [0.2, 0.25) is 0 Å². The van der Waals surface area contributed by atoms with E-state index in [1.807, 2.05) is 31.2 Å². The number of aromatic nitrogens is 1. The van der Waals surface area contributed by atoms with Crippen molar-refractivity contribution in [3.63, 3.8) is 0 Å². The summed E-state index contributed by atoms with van der Waals surface area (Å²) in [4.78, 5) is 43.7. The molecule has 1 N–H and O–H groups in total. The molecule has 0 unspecified atom stereocenters. The van der Waals surface area contributed by atoms with Crippen LogP contribution in [0.1, 0.15) is 59.3 Å². The summed E-state index contributed by atoms with van der Waals surface area (Å²) in [5, 5.41) is 0. The molecule has 1 aromatic heterocycles. The van der Waals surface area contributed by atoms with Gasteiger partial charge in [0.2, 0.25) is 0 Å². The SMILES string of the molecule is CCOC(=O)c1c(C)[nH]c(C(=O)C(=O)N2C[C@@H](C)C[C@H](C)C2)c1-c1ccc(C)cc1. The number of piperidine rings is 1. The molecule has 1 amide bonds. The van der Waals surface area contributed by atoms with Gasteiger partial charge in [0.1, 0.15) is 5.69 Å². The predicted octanol–water partition coefficient (Wildman–Crippen LogP) is 4.16. The molecule has 0 saturated carbocycles. The van der Waals surface area contributed by atoms with Gasteiger partial charge in [-0.2, -0.15) is 0 Å². The summed E-state index contributed by atoms with van der Waals surface area (Å²) in [7, 11) is 0. The monoisotopic (exact) mass is 410 g/mol. The fourth-order valence-electron chi connectivity index (χ4n) is 4.34. The molecule has 2 aromatic rings. The fourth-order valence-corrected chi connectivity index (χ4v) is 4.34. The van der Waals surface area contributed by atoms with Crippen molar-refractivity contribution in [3.05, 3.63) is 46.8 Å². The Kier molecular flexibility index (Phi) is 6.44. The van der Waals surface area contributed by atoms with E-state index in [2.05, 4.69) is 18.8 Å². The number of hydrogen-bond donors (Lipinski definition) is 1. The molecule has 30 heavy (non-hydrogen) atoms. The van der Waals surface area contributed by atoms with Crippen molar-refractivity contribution in [1.82, 2.24) is 9.88 Å². The van der Waals surface area contributed by atoms with E-state index >= 15 is 0 Å². The minimum absolute atomic E-state index is 0.148. The highest BCUT2D eigenvalue weighted by Gasteiger charge is 2.34. The van der Waals surface area contributed by atoms with Crippen LogP contribution in [-0.2, 0) is 9.53 Å². The highest BCUT2D eigenvalue weighted by Crippen LogP contribution is 2.32. The Morgan fingerprint density at radius 1 is 1.07 bits per heavy atom. The third-order valence-electron chi connectivity index (χ3n) is 5.58. The molecule has 1 saturated heterocycles. The van der Waals surface area contributed by atoms with Crippen molar-refractivity contribution in [2.45, 2.75) is 41.0 Å². The Hall–Kier alpha value is -2.89. The van der Waals surface area contributed by atoms with Gasteiger partial charge in [-0.3, -0.25) is 9.59 Å². The van der Waals surface area contributed by atoms with Crippen molar-refractivity contribution in [3.8, 4) is 11.1 Å².